The molecule has 14 heavy (non-hydrogen) atoms. The first-order valence-corrected chi connectivity index (χ1v) is 6.24. The van der Waals surface area contributed by atoms with Crippen molar-refractivity contribution in [3.63, 3.8) is 0 Å². The highest BCUT2D eigenvalue weighted by molar-refractivity contribution is 9.10. The molecule has 1 aromatic rings. The van der Waals surface area contributed by atoms with Crippen LogP contribution in [0.25, 0.3) is 0 Å². The molecule has 0 radical (unpaired) electrons. The zero-order chi connectivity index (χ0) is 10.4. The molecular formula is C10H12Br2O2. The van der Waals surface area contributed by atoms with E-state index >= 15 is 0 Å². The maximum atomic E-state index is 5.45. The van der Waals surface area contributed by atoms with Crippen molar-refractivity contribution in [2.45, 2.75) is 12.3 Å². The van der Waals surface area contributed by atoms with Crippen molar-refractivity contribution < 1.29 is 9.47 Å². The van der Waals surface area contributed by atoms with Crippen LogP contribution in [0.3, 0.4) is 0 Å². The molecule has 0 aliphatic rings. The third kappa shape index (κ3) is 3.59. The zero-order valence-corrected chi connectivity index (χ0v) is 11.1. The monoisotopic (exact) mass is 322 g/mol. The molecule has 0 unspecified atom stereocenters. The first-order chi connectivity index (χ1) is 6.77. The van der Waals surface area contributed by atoms with Crippen molar-refractivity contribution in [2.24, 2.45) is 0 Å². The van der Waals surface area contributed by atoms with E-state index in [2.05, 4.69) is 31.9 Å². The van der Waals surface area contributed by atoms with Gasteiger partial charge < -0.3 is 9.47 Å². The molecule has 0 saturated heterocycles. The molecule has 0 amide bonds. The average Bonchev–Trinajstić information content (AvgIpc) is 2.20. The largest absolute Gasteiger partial charge is 0.467 e. The smallest absolute Gasteiger partial charge is 0.189 e. The summed E-state index contributed by atoms with van der Waals surface area (Å²) in [6.07, 6.45) is 0. The lowest BCUT2D eigenvalue weighted by Crippen LogP contribution is -2.03. The molecule has 0 aliphatic heterocycles. The molecule has 4 heteroatoms. The first-order valence-electron chi connectivity index (χ1n) is 4.33. The van der Waals surface area contributed by atoms with Gasteiger partial charge in [0.25, 0.3) is 0 Å². The molecular weight excluding hydrogens is 312 g/mol. The molecule has 0 fully saturated rings. The lowest BCUT2D eigenvalue weighted by molar-refractivity contribution is 0.0220. The van der Waals surface area contributed by atoms with Crippen LogP contribution in [0.2, 0.25) is 0 Å². The van der Waals surface area contributed by atoms with Crippen molar-refractivity contribution in [1.82, 2.24) is 0 Å². The summed E-state index contributed by atoms with van der Waals surface area (Å²) in [5.41, 5.74) is 1.11. The number of alkyl halides is 1. The maximum Gasteiger partial charge on any atom is 0.189 e. The van der Waals surface area contributed by atoms with E-state index in [1.54, 1.807) is 0 Å². The van der Waals surface area contributed by atoms with Gasteiger partial charge in [-0.25, -0.2) is 0 Å². The molecule has 1 aromatic carbocycles. The number of benzene rings is 1. The number of rotatable bonds is 5. The Kier molecular flexibility index (Phi) is 5.52. The van der Waals surface area contributed by atoms with Gasteiger partial charge in [0.05, 0.1) is 0 Å². The normalized spacial score (nSPS) is 10.2. The molecule has 0 aliphatic carbocycles. The molecule has 2 nitrogen and oxygen atoms in total. The maximum absolute atomic E-state index is 5.45. The van der Waals surface area contributed by atoms with Crippen LogP contribution in [-0.2, 0) is 10.1 Å². The van der Waals surface area contributed by atoms with Crippen LogP contribution in [-0.4, -0.2) is 13.4 Å². The Morgan fingerprint density at radius 3 is 2.79 bits per heavy atom. The van der Waals surface area contributed by atoms with E-state index in [-0.39, 0.29) is 0 Å². The average molecular weight is 324 g/mol. The lowest BCUT2D eigenvalue weighted by Gasteiger charge is -2.09. The highest BCUT2D eigenvalue weighted by Crippen LogP contribution is 2.25. The highest BCUT2D eigenvalue weighted by atomic mass is 79.9. The summed E-state index contributed by atoms with van der Waals surface area (Å²) in [6, 6.07) is 5.91. The van der Waals surface area contributed by atoms with Gasteiger partial charge in [-0.15, -0.1) is 0 Å². The fourth-order valence-corrected chi connectivity index (χ4v) is 1.83. The van der Waals surface area contributed by atoms with Crippen LogP contribution in [0.1, 0.15) is 12.5 Å². The summed E-state index contributed by atoms with van der Waals surface area (Å²) in [4.78, 5) is 0. The van der Waals surface area contributed by atoms with E-state index in [9.17, 15) is 0 Å². The van der Waals surface area contributed by atoms with E-state index in [4.69, 9.17) is 9.47 Å². The van der Waals surface area contributed by atoms with Crippen LogP contribution < -0.4 is 4.74 Å². The molecule has 0 bridgehead atoms. The minimum absolute atomic E-state index is 0.304. The lowest BCUT2D eigenvalue weighted by atomic mass is 10.2. The zero-order valence-electron chi connectivity index (χ0n) is 7.93. The highest BCUT2D eigenvalue weighted by Gasteiger charge is 2.02. The van der Waals surface area contributed by atoms with Crippen molar-refractivity contribution >= 4 is 31.9 Å². The van der Waals surface area contributed by atoms with Crippen LogP contribution in [0.15, 0.2) is 22.7 Å². The van der Waals surface area contributed by atoms with E-state index in [0.717, 1.165) is 21.1 Å². The summed E-state index contributed by atoms with van der Waals surface area (Å²) in [6.45, 7) is 2.91. The Morgan fingerprint density at radius 2 is 2.14 bits per heavy atom. The van der Waals surface area contributed by atoms with Gasteiger partial charge in [-0.05, 0) is 25.1 Å². The van der Waals surface area contributed by atoms with Gasteiger partial charge in [-0.2, -0.15) is 0 Å². The van der Waals surface area contributed by atoms with Gasteiger partial charge in [-0.1, -0.05) is 31.9 Å². The van der Waals surface area contributed by atoms with Crippen molar-refractivity contribution in [1.29, 1.82) is 0 Å². The molecule has 0 atom stereocenters. The fraction of sp³-hybridized carbons (Fsp3) is 0.400. The van der Waals surface area contributed by atoms with Crippen LogP contribution >= 0.6 is 31.9 Å². The number of halogens is 2. The summed E-state index contributed by atoms with van der Waals surface area (Å²) >= 11 is 6.82. The second-order valence-corrected chi connectivity index (χ2v) is 4.12. The Morgan fingerprint density at radius 1 is 1.36 bits per heavy atom. The molecule has 0 saturated carbocycles. The second-order valence-electron chi connectivity index (χ2n) is 2.64. The summed E-state index contributed by atoms with van der Waals surface area (Å²) in [5.74, 6) is 0.860. The quantitative estimate of drug-likeness (QED) is 0.467. The number of hydrogen-bond donors (Lipinski definition) is 0. The topological polar surface area (TPSA) is 18.5 Å². The van der Waals surface area contributed by atoms with Gasteiger partial charge in [0.1, 0.15) is 5.75 Å². The van der Waals surface area contributed by atoms with Gasteiger partial charge in [0, 0.05) is 22.0 Å². The van der Waals surface area contributed by atoms with Crippen molar-refractivity contribution in [3.05, 3.63) is 28.2 Å². The summed E-state index contributed by atoms with van der Waals surface area (Å²) in [5, 5.41) is 0.772. The minimum Gasteiger partial charge on any atom is -0.467 e. The van der Waals surface area contributed by atoms with Crippen LogP contribution in [0, 0.1) is 0 Å². The Balaban J connectivity index is 2.65. The van der Waals surface area contributed by atoms with Crippen molar-refractivity contribution in [2.75, 3.05) is 13.4 Å². The molecule has 0 heterocycles. The van der Waals surface area contributed by atoms with Gasteiger partial charge in [0.2, 0.25) is 0 Å². The SMILES string of the molecule is CCOCOc1ccc(Br)cc1CBr. The Labute approximate surface area is 101 Å². The second kappa shape index (κ2) is 6.43. The third-order valence-electron chi connectivity index (χ3n) is 1.67. The molecule has 1 rings (SSSR count). The van der Waals surface area contributed by atoms with Gasteiger partial charge in [-0.3, -0.25) is 0 Å². The van der Waals surface area contributed by atoms with Crippen LogP contribution in [0.5, 0.6) is 5.75 Å². The van der Waals surface area contributed by atoms with E-state index < -0.39 is 0 Å². The van der Waals surface area contributed by atoms with Crippen LogP contribution in [0.4, 0.5) is 0 Å². The van der Waals surface area contributed by atoms with Crippen molar-refractivity contribution in [3.8, 4) is 5.75 Å². The molecule has 0 aromatic heterocycles. The molecule has 0 N–H and O–H groups in total. The third-order valence-corrected chi connectivity index (χ3v) is 2.77. The van der Waals surface area contributed by atoms with E-state index in [1.807, 2.05) is 25.1 Å². The number of hydrogen-bond acceptors (Lipinski definition) is 2. The number of ether oxygens (including phenoxy) is 2. The van der Waals surface area contributed by atoms with E-state index in [0.29, 0.717) is 13.4 Å². The predicted molar refractivity (Wildman–Crippen MR) is 63.9 cm³/mol. The minimum atomic E-state index is 0.304. The summed E-state index contributed by atoms with van der Waals surface area (Å²) in [7, 11) is 0. The standard InChI is InChI=1S/C10H12Br2O2/c1-2-13-7-14-10-4-3-9(12)5-8(10)6-11/h3-5H,2,6-7H2,1H3. The molecule has 78 valence electrons. The van der Waals surface area contributed by atoms with E-state index in [1.165, 1.54) is 0 Å². The summed E-state index contributed by atoms with van der Waals surface area (Å²) < 4.78 is 11.6. The van der Waals surface area contributed by atoms with Gasteiger partial charge >= 0.3 is 0 Å². The first kappa shape index (κ1) is 12.0. The fourth-order valence-electron chi connectivity index (χ4n) is 0.982. The predicted octanol–water partition coefficient (Wildman–Crippen LogP) is 3.72. The Hall–Kier alpha value is -0.0600. The Bertz CT molecular complexity index is 289. The molecule has 0 spiro atoms. The van der Waals surface area contributed by atoms with Gasteiger partial charge in [0.15, 0.2) is 6.79 Å².